The number of carbonyl (C=O) groups is 1. The van der Waals surface area contributed by atoms with E-state index >= 15 is 0 Å². The van der Waals surface area contributed by atoms with Crippen LogP contribution in [0.25, 0.3) is 0 Å². The van der Waals surface area contributed by atoms with Gasteiger partial charge < -0.3 is 4.74 Å². The topological polar surface area (TPSA) is 52.9 Å². The number of carbonyl (C=O) groups excluding carboxylic acids is 1. The van der Waals surface area contributed by atoms with Crippen molar-refractivity contribution in [2.24, 2.45) is 0 Å². The molecule has 1 aromatic heterocycles. The van der Waals surface area contributed by atoms with Crippen molar-refractivity contribution in [3.05, 3.63) is 11.1 Å². The molecule has 0 fully saturated rings. The minimum absolute atomic E-state index is 0.0878. The zero-order valence-electron chi connectivity index (χ0n) is 9.00. The van der Waals surface area contributed by atoms with E-state index in [1.807, 2.05) is 0 Å². The van der Waals surface area contributed by atoms with Crippen molar-refractivity contribution in [2.75, 3.05) is 20.8 Å². The molecular formula is C8H10F3N2O3S+. The summed E-state index contributed by atoms with van der Waals surface area (Å²) in [5.41, 5.74) is 0. The number of alkyl halides is 3. The molecule has 0 saturated carbocycles. The van der Waals surface area contributed by atoms with Crippen LogP contribution in [0.5, 0.6) is 5.19 Å². The number of ether oxygens (including phenoxy) is 1. The first-order valence-corrected chi connectivity index (χ1v) is 5.18. The van der Waals surface area contributed by atoms with Gasteiger partial charge in [0.15, 0.2) is 17.7 Å². The Kier molecular flexibility index (Phi) is 4.29. The molecule has 96 valence electrons. The molecular weight excluding hydrogens is 261 g/mol. The van der Waals surface area contributed by atoms with E-state index in [1.165, 1.54) is 20.4 Å². The molecule has 1 N–H and O–H groups in total. The van der Waals surface area contributed by atoms with E-state index in [9.17, 15) is 18.0 Å². The Labute approximate surface area is 98.7 Å². The van der Waals surface area contributed by atoms with Gasteiger partial charge in [-0.25, -0.2) is 5.06 Å². The van der Waals surface area contributed by atoms with Gasteiger partial charge in [0, 0.05) is 7.05 Å². The molecule has 1 aromatic rings. The number of thiazole rings is 1. The van der Waals surface area contributed by atoms with E-state index in [1.54, 1.807) is 0 Å². The summed E-state index contributed by atoms with van der Waals surface area (Å²) in [6.07, 6.45) is -3.15. The number of amides is 1. The van der Waals surface area contributed by atoms with Gasteiger partial charge in [-0.1, -0.05) is 0 Å². The van der Waals surface area contributed by atoms with E-state index in [0.717, 1.165) is 16.4 Å². The molecule has 0 spiro atoms. The fraction of sp³-hybridized carbons (Fsp3) is 0.500. The van der Waals surface area contributed by atoms with Crippen molar-refractivity contribution in [1.82, 2.24) is 5.06 Å². The van der Waals surface area contributed by atoms with Gasteiger partial charge in [0.25, 0.3) is 5.91 Å². The summed E-state index contributed by atoms with van der Waals surface area (Å²) in [6.45, 7) is -1.40. The summed E-state index contributed by atoms with van der Waals surface area (Å²) in [7, 11) is 2.69. The highest BCUT2D eigenvalue weighted by Gasteiger charge is 2.30. The Morgan fingerprint density at radius 2 is 2.24 bits per heavy atom. The Bertz CT molecular complexity index is 394. The Morgan fingerprint density at radius 1 is 1.59 bits per heavy atom. The fourth-order valence-corrected chi connectivity index (χ4v) is 1.61. The third-order valence-corrected chi connectivity index (χ3v) is 2.59. The number of rotatable bonds is 4. The lowest BCUT2D eigenvalue weighted by molar-refractivity contribution is -0.389. The van der Waals surface area contributed by atoms with Gasteiger partial charge in [-0.2, -0.15) is 18.2 Å². The Balaban J connectivity index is 2.62. The van der Waals surface area contributed by atoms with Crippen LogP contribution >= 0.6 is 11.3 Å². The van der Waals surface area contributed by atoms with Gasteiger partial charge in [0.05, 0.1) is 7.11 Å². The second-order valence-corrected chi connectivity index (χ2v) is 3.95. The summed E-state index contributed by atoms with van der Waals surface area (Å²) in [4.78, 5) is 18.8. The Hall–Kier alpha value is -1.35. The van der Waals surface area contributed by atoms with Crippen LogP contribution in [0.4, 0.5) is 13.2 Å². The maximum Gasteiger partial charge on any atom is 0.429 e. The standard InChI is InChI=1S/C8H9F3N2O3S/c1-13(15-2)6(14)5-3-12-7(17-5)16-4-8(9,10)11/h3H,4H2,1-2H3/p+1. The molecule has 0 radical (unpaired) electrons. The quantitative estimate of drug-likeness (QED) is 0.772. The molecule has 5 nitrogen and oxygen atoms in total. The molecule has 1 amide bonds. The zero-order chi connectivity index (χ0) is 13.1. The third-order valence-electron chi connectivity index (χ3n) is 1.66. The van der Waals surface area contributed by atoms with Gasteiger partial charge >= 0.3 is 11.4 Å². The predicted molar refractivity (Wildman–Crippen MR) is 51.5 cm³/mol. The normalized spacial score (nSPS) is 11.4. The third kappa shape index (κ3) is 4.19. The van der Waals surface area contributed by atoms with Gasteiger partial charge in [-0.05, 0) is 11.3 Å². The molecule has 0 atom stereocenters. The van der Waals surface area contributed by atoms with E-state index < -0.39 is 18.7 Å². The smallest absolute Gasteiger partial charge is 0.426 e. The number of halogens is 3. The van der Waals surface area contributed by atoms with Crippen molar-refractivity contribution < 1.29 is 32.5 Å². The molecule has 0 aromatic carbocycles. The minimum atomic E-state index is -4.41. The van der Waals surface area contributed by atoms with Crippen LogP contribution in [0.15, 0.2) is 6.20 Å². The van der Waals surface area contributed by atoms with Crippen molar-refractivity contribution in [1.29, 1.82) is 0 Å². The second kappa shape index (κ2) is 5.32. The SMILES string of the molecule is CON(C)C(=O)c1c[nH+]c(OCC(F)(F)F)s1. The monoisotopic (exact) mass is 271 g/mol. The first kappa shape index (κ1) is 13.7. The lowest BCUT2D eigenvalue weighted by atomic mass is 10.5. The number of hydrogen-bond acceptors (Lipinski definition) is 4. The lowest BCUT2D eigenvalue weighted by Crippen LogP contribution is -2.24. The molecule has 0 aliphatic heterocycles. The average molecular weight is 271 g/mol. The summed E-state index contributed by atoms with van der Waals surface area (Å²) in [5, 5.41) is 0.864. The molecule has 0 unspecified atom stereocenters. The number of aromatic nitrogens is 1. The highest BCUT2D eigenvalue weighted by molar-refractivity contribution is 7.14. The summed E-state index contributed by atoms with van der Waals surface area (Å²) in [6, 6.07) is 0. The molecule has 0 aliphatic carbocycles. The van der Waals surface area contributed by atoms with E-state index in [4.69, 9.17) is 0 Å². The van der Waals surface area contributed by atoms with Crippen molar-refractivity contribution in [3.63, 3.8) is 0 Å². The fourth-order valence-electron chi connectivity index (χ4n) is 0.845. The van der Waals surface area contributed by atoms with Crippen LogP contribution in [0, 0.1) is 0 Å². The first-order chi connectivity index (χ1) is 7.83. The van der Waals surface area contributed by atoms with Gasteiger partial charge in [0.1, 0.15) is 0 Å². The van der Waals surface area contributed by atoms with E-state index in [0.29, 0.717) is 0 Å². The number of hydroxylamine groups is 2. The molecule has 17 heavy (non-hydrogen) atoms. The van der Waals surface area contributed by atoms with Crippen LogP contribution in [-0.2, 0) is 4.84 Å². The number of nitrogens with one attached hydrogen (secondary N) is 1. The number of nitrogens with zero attached hydrogens (tertiary/aromatic N) is 1. The largest absolute Gasteiger partial charge is 0.429 e. The van der Waals surface area contributed by atoms with Crippen molar-refractivity contribution in [2.45, 2.75) is 6.18 Å². The molecule has 1 heterocycles. The molecule has 1 rings (SSSR count). The predicted octanol–water partition coefficient (Wildman–Crippen LogP) is 1.14. The maximum absolute atomic E-state index is 11.9. The summed E-state index contributed by atoms with van der Waals surface area (Å²) >= 11 is 0.776. The second-order valence-electron chi connectivity index (χ2n) is 2.93. The van der Waals surface area contributed by atoms with E-state index in [-0.39, 0.29) is 10.1 Å². The van der Waals surface area contributed by atoms with E-state index in [2.05, 4.69) is 14.6 Å². The van der Waals surface area contributed by atoms with Gasteiger partial charge in [-0.15, -0.1) is 0 Å². The minimum Gasteiger partial charge on any atom is -0.426 e. The average Bonchev–Trinajstić information content (AvgIpc) is 2.72. The molecule has 0 aliphatic rings. The molecule has 9 heteroatoms. The number of aromatic amines is 1. The highest BCUT2D eigenvalue weighted by atomic mass is 32.1. The van der Waals surface area contributed by atoms with Gasteiger partial charge in [-0.3, -0.25) is 9.63 Å². The summed E-state index contributed by atoms with van der Waals surface area (Å²) < 4.78 is 40.0. The van der Waals surface area contributed by atoms with Crippen LogP contribution < -0.4 is 9.72 Å². The molecule has 0 saturated heterocycles. The lowest BCUT2D eigenvalue weighted by Gasteiger charge is -2.10. The Morgan fingerprint density at radius 3 is 2.76 bits per heavy atom. The van der Waals surface area contributed by atoms with Gasteiger partial charge in [0.2, 0.25) is 0 Å². The molecule has 0 bridgehead atoms. The number of hydrogen-bond donors (Lipinski definition) is 0. The van der Waals surface area contributed by atoms with Crippen LogP contribution in [-0.4, -0.2) is 37.9 Å². The van der Waals surface area contributed by atoms with Crippen LogP contribution in [0.1, 0.15) is 9.67 Å². The first-order valence-electron chi connectivity index (χ1n) is 4.36. The van der Waals surface area contributed by atoms with Crippen molar-refractivity contribution in [3.8, 4) is 5.19 Å². The number of H-pyrrole nitrogens is 1. The highest BCUT2D eigenvalue weighted by Crippen LogP contribution is 2.21. The van der Waals surface area contributed by atoms with Crippen LogP contribution in [0.3, 0.4) is 0 Å². The summed E-state index contributed by atoms with van der Waals surface area (Å²) in [5.74, 6) is -0.476. The zero-order valence-corrected chi connectivity index (χ0v) is 9.82. The maximum atomic E-state index is 11.9. The van der Waals surface area contributed by atoms with Crippen molar-refractivity contribution >= 4 is 17.2 Å². The van der Waals surface area contributed by atoms with Crippen LogP contribution in [0.2, 0.25) is 0 Å².